The SMILES string of the molecule is Cc1cc(-c2[nH]c3ccc(C4CCN(C(=O)O)CC4)cc3c2C(C)C)ccn1. The van der Waals surface area contributed by atoms with Crippen molar-refractivity contribution in [3.63, 3.8) is 0 Å². The zero-order valence-electron chi connectivity index (χ0n) is 16.7. The number of fused-ring (bicyclic) bond motifs is 1. The zero-order valence-corrected chi connectivity index (χ0v) is 16.7. The number of likely N-dealkylation sites (tertiary alicyclic amines) is 1. The molecule has 0 atom stereocenters. The Morgan fingerprint density at radius 3 is 2.61 bits per heavy atom. The molecule has 1 saturated heterocycles. The number of nitrogens with zero attached hydrogens (tertiary/aromatic N) is 2. The van der Waals surface area contributed by atoms with Crippen molar-refractivity contribution in [3.8, 4) is 11.3 Å². The third kappa shape index (κ3) is 3.37. The summed E-state index contributed by atoms with van der Waals surface area (Å²) in [5, 5.41) is 10.5. The van der Waals surface area contributed by atoms with E-state index >= 15 is 0 Å². The molecule has 2 aromatic heterocycles. The van der Waals surface area contributed by atoms with Crippen LogP contribution >= 0.6 is 0 Å². The molecule has 5 nitrogen and oxygen atoms in total. The number of benzene rings is 1. The topological polar surface area (TPSA) is 69.2 Å². The number of piperidine rings is 1. The number of pyridine rings is 1. The van der Waals surface area contributed by atoms with Crippen LogP contribution in [-0.4, -0.2) is 39.2 Å². The highest BCUT2D eigenvalue weighted by Crippen LogP contribution is 2.38. The van der Waals surface area contributed by atoms with E-state index < -0.39 is 6.09 Å². The maximum atomic E-state index is 11.2. The first-order valence-corrected chi connectivity index (χ1v) is 10.0. The summed E-state index contributed by atoms with van der Waals surface area (Å²) in [5.41, 5.74) is 7.16. The Balaban J connectivity index is 1.73. The number of aromatic nitrogens is 2. The summed E-state index contributed by atoms with van der Waals surface area (Å²) in [7, 11) is 0. The van der Waals surface area contributed by atoms with E-state index in [9.17, 15) is 9.90 Å². The highest BCUT2D eigenvalue weighted by Gasteiger charge is 2.24. The molecule has 1 fully saturated rings. The Morgan fingerprint density at radius 2 is 1.96 bits per heavy atom. The lowest BCUT2D eigenvalue weighted by atomic mass is 9.87. The van der Waals surface area contributed by atoms with Crippen molar-refractivity contribution in [3.05, 3.63) is 53.3 Å². The van der Waals surface area contributed by atoms with Crippen molar-refractivity contribution in [2.24, 2.45) is 0 Å². The number of rotatable bonds is 3. The van der Waals surface area contributed by atoms with Crippen molar-refractivity contribution >= 4 is 17.0 Å². The summed E-state index contributed by atoms with van der Waals surface area (Å²) in [4.78, 5) is 20.6. The molecule has 1 aliphatic heterocycles. The predicted octanol–water partition coefficient (Wildman–Crippen LogP) is 5.52. The summed E-state index contributed by atoms with van der Waals surface area (Å²) < 4.78 is 0. The van der Waals surface area contributed by atoms with E-state index in [0.717, 1.165) is 24.1 Å². The highest BCUT2D eigenvalue weighted by molar-refractivity contribution is 5.92. The molecular weight excluding hydrogens is 350 g/mol. The fourth-order valence-corrected chi connectivity index (χ4v) is 4.42. The molecule has 1 aliphatic rings. The Kier molecular flexibility index (Phi) is 4.84. The molecular formula is C23H27N3O2. The summed E-state index contributed by atoms with van der Waals surface area (Å²) >= 11 is 0. The quantitative estimate of drug-likeness (QED) is 0.631. The zero-order chi connectivity index (χ0) is 19.8. The van der Waals surface area contributed by atoms with Crippen molar-refractivity contribution in [1.82, 2.24) is 14.9 Å². The van der Waals surface area contributed by atoms with Gasteiger partial charge < -0.3 is 15.0 Å². The van der Waals surface area contributed by atoms with Crippen molar-refractivity contribution in [2.75, 3.05) is 13.1 Å². The number of hydrogen-bond donors (Lipinski definition) is 2. The van der Waals surface area contributed by atoms with Gasteiger partial charge in [0.25, 0.3) is 0 Å². The number of carbonyl (C=O) groups is 1. The molecule has 0 bridgehead atoms. The molecule has 2 N–H and O–H groups in total. The summed E-state index contributed by atoms with van der Waals surface area (Å²) in [6, 6.07) is 10.9. The van der Waals surface area contributed by atoms with Gasteiger partial charge in [0.1, 0.15) is 0 Å². The molecule has 146 valence electrons. The molecule has 3 heterocycles. The number of nitrogens with one attached hydrogen (secondary N) is 1. The van der Waals surface area contributed by atoms with Crippen LogP contribution < -0.4 is 0 Å². The molecule has 0 saturated carbocycles. The van der Waals surface area contributed by atoms with E-state index in [-0.39, 0.29) is 0 Å². The van der Waals surface area contributed by atoms with E-state index in [0.29, 0.717) is 24.9 Å². The molecule has 0 spiro atoms. The molecule has 0 radical (unpaired) electrons. The first-order valence-electron chi connectivity index (χ1n) is 10.0. The second kappa shape index (κ2) is 7.30. The van der Waals surface area contributed by atoms with Gasteiger partial charge in [0, 0.05) is 41.4 Å². The van der Waals surface area contributed by atoms with Gasteiger partial charge in [0.05, 0.1) is 5.69 Å². The van der Waals surface area contributed by atoms with Gasteiger partial charge in [-0.3, -0.25) is 4.98 Å². The Hall–Kier alpha value is -2.82. The van der Waals surface area contributed by atoms with Crippen LogP contribution in [-0.2, 0) is 0 Å². The van der Waals surface area contributed by atoms with E-state index in [1.165, 1.54) is 32.7 Å². The molecule has 1 amide bonds. The van der Waals surface area contributed by atoms with E-state index in [1.54, 1.807) is 0 Å². The van der Waals surface area contributed by atoms with Crippen molar-refractivity contribution < 1.29 is 9.90 Å². The Bertz CT molecular complexity index is 1010. The molecule has 4 rings (SSSR count). The van der Waals surface area contributed by atoms with Gasteiger partial charge in [-0.1, -0.05) is 19.9 Å². The normalized spacial score (nSPS) is 15.5. The Morgan fingerprint density at radius 1 is 1.21 bits per heavy atom. The third-order valence-corrected chi connectivity index (χ3v) is 5.86. The van der Waals surface area contributed by atoms with E-state index in [2.05, 4.69) is 54.1 Å². The van der Waals surface area contributed by atoms with Gasteiger partial charge >= 0.3 is 6.09 Å². The minimum absolute atomic E-state index is 0.390. The van der Waals surface area contributed by atoms with Gasteiger partial charge in [0.2, 0.25) is 0 Å². The first kappa shape index (κ1) is 18.5. The minimum atomic E-state index is -0.807. The van der Waals surface area contributed by atoms with Crippen molar-refractivity contribution in [2.45, 2.75) is 45.4 Å². The second-order valence-electron chi connectivity index (χ2n) is 8.10. The molecule has 3 aromatic rings. The number of hydrogen-bond acceptors (Lipinski definition) is 2. The van der Waals surface area contributed by atoms with Crippen LogP contribution in [0.3, 0.4) is 0 Å². The van der Waals surface area contributed by atoms with Crippen LogP contribution in [0.25, 0.3) is 22.2 Å². The van der Waals surface area contributed by atoms with Gasteiger partial charge in [-0.15, -0.1) is 0 Å². The van der Waals surface area contributed by atoms with Gasteiger partial charge in [-0.25, -0.2) is 4.79 Å². The fraction of sp³-hybridized carbons (Fsp3) is 0.391. The molecule has 28 heavy (non-hydrogen) atoms. The minimum Gasteiger partial charge on any atom is -0.465 e. The van der Waals surface area contributed by atoms with Crippen LogP contribution in [0.4, 0.5) is 4.79 Å². The standard InChI is InChI=1S/C23H27N3O2/c1-14(2)21-19-13-17(16-7-10-26(11-8-16)23(27)28)4-5-20(19)25-22(21)18-6-9-24-15(3)12-18/h4-6,9,12-14,16,25H,7-8,10-11H2,1-3H3,(H,27,28). The van der Waals surface area contributed by atoms with E-state index in [4.69, 9.17) is 0 Å². The van der Waals surface area contributed by atoms with Gasteiger partial charge in [0.15, 0.2) is 0 Å². The van der Waals surface area contributed by atoms with Crippen LogP contribution in [0.5, 0.6) is 0 Å². The highest BCUT2D eigenvalue weighted by atomic mass is 16.4. The number of amides is 1. The lowest BCUT2D eigenvalue weighted by Gasteiger charge is -2.30. The molecule has 1 aromatic carbocycles. The smallest absolute Gasteiger partial charge is 0.407 e. The molecule has 5 heteroatoms. The predicted molar refractivity (Wildman–Crippen MR) is 112 cm³/mol. The summed E-state index contributed by atoms with van der Waals surface area (Å²) in [6.07, 6.45) is 2.83. The number of carboxylic acid groups (broad SMARTS) is 1. The third-order valence-electron chi connectivity index (χ3n) is 5.86. The second-order valence-corrected chi connectivity index (χ2v) is 8.10. The first-order chi connectivity index (χ1) is 13.4. The van der Waals surface area contributed by atoms with E-state index in [1.807, 2.05) is 13.1 Å². The van der Waals surface area contributed by atoms with Crippen LogP contribution in [0.2, 0.25) is 0 Å². The average Bonchev–Trinajstić information content (AvgIpc) is 3.07. The molecule has 0 unspecified atom stereocenters. The maximum Gasteiger partial charge on any atom is 0.407 e. The number of aromatic amines is 1. The maximum absolute atomic E-state index is 11.2. The summed E-state index contributed by atoms with van der Waals surface area (Å²) in [5.74, 6) is 0.808. The van der Waals surface area contributed by atoms with Gasteiger partial charge in [-0.05, 0) is 67.0 Å². The van der Waals surface area contributed by atoms with Crippen LogP contribution in [0.15, 0.2) is 36.5 Å². The summed E-state index contributed by atoms with van der Waals surface area (Å²) in [6.45, 7) is 7.71. The van der Waals surface area contributed by atoms with Crippen molar-refractivity contribution in [1.29, 1.82) is 0 Å². The largest absolute Gasteiger partial charge is 0.465 e. The van der Waals surface area contributed by atoms with Crippen LogP contribution in [0.1, 0.15) is 55.3 Å². The lowest BCUT2D eigenvalue weighted by Crippen LogP contribution is -2.36. The van der Waals surface area contributed by atoms with Crippen LogP contribution in [0, 0.1) is 6.92 Å². The molecule has 0 aliphatic carbocycles. The Labute approximate surface area is 165 Å². The average molecular weight is 377 g/mol. The lowest BCUT2D eigenvalue weighted by molar-refractivity contribution is 0.132. The van der Waals surface area contributed by atoms with Gasteiger partial charge in [-0.2, -0.15) is 0 Å². The fourth-order valence-electron chi connectivity index (χ4n) is 4.42. The monoisotopic (exact) mass is 377 g/mol. The number of H-pyrrole nitrogens is 1. The number of aryl methyl sites for hydroxylation is 1.